The molecule has 2 atom stereocenters. The molecule has 1 fully saturated rings. The Morgan fingerprint density at radius 2 is 2.29 bits per heavy atom. The van der Waals surface area contributed by atoms with Crippen LogP contribution in [0.15, 0.2) is 12.1 Å². The fraction of sp³-hybridized carbons (Fsp3) is 0.611. The van der Waals surface area contributed by atoms with Gasteiger partial charge in [0.15, 0.2) is 0 Å². The number of benzene rings is 1. The molecule has 1 amide bonds. The first-order chi connectivity index (χ1) is 11.2. The van der Waals surface area contributed by atoms with Gasteiger partial charge < -0.3 is 20.1 Å². The number of hydrogen-bond acceptors (Lipinski definition) is 4. The van der Waals surface area contributed by atoms with Gasteiger partial charge in [-0.2, -0.15) is 0 Å². The zero-order valence-corrected chi connectivity index (χ0v) is 15.2. The maximum atomic E-state index is 12.3. The third-order valence-corrected chi connectivity index (χ3v) is 4.45. The Kier molecular flexibility index (Phi) is 6.75. The molecule has 2 N–H and O–H groups in total. The van der Waals surface area contributed by atoms with E-state index in [1.54, 1.807) is 0 Å². The van der Waals surface area contributed by atoms with Gasteiger partial charge in [0.2, 0.25) is 5.91 Å². The average Bonchev–Trinajstić information content (AvgIpc) is 3.14. The van der Waals surface area contributed by atoms with Gasteiger partial charge in [0.25, 0.3) is 0 Å². The van der Waals surface area contributed by atoms with Crippen molar-refractivity contribution in [3.63, 3.8) is 0 Å². The fourth-order valence-corrected chi connectivity index (χ4v) is 3.33. The Hall–Kier alpha value is -1.46. The Morgan fingerprint density at radius 3 is 3.00 bits per heavy atom. The van der Waals surface area contributed by atoms with Crippen LogP contribution in [-0.4, -0.2) is 31.2 Å². The third-order valence-electron chi connectivity index (χ3n) is 4.45. The molecule has 1 saturated heterocycles. The Labute approximate surface area is 149 Å². The lowest BCUT2D eigenvalue weighted by Gasteiger charge is -2.14. The second-order valence-corrected chi connectivity index (χ2v) is 6.40. The summed E-state index contributed by atoms with van der Waals surface area (Å²) in [6.45, 7) is 5.64. The average molecular weight is 355 g/mol. The molecular formula is C18H27ClN2O3. The molecule has 24 heavy (non-hydrogen) atoms. The number of carbonyl (C=O) groups is 1. The molecule has 5 nitrogen and oxygen atoms in total. The molecule has 134 valence electrons. The molecule has 2 aliphatic heterocycles. The van der Waals surface area contributed by atoms with Crippen LogP contribution in [0.1, 0.15) is 45.1 Å². The van der Waals surface area contributed by atoms with Crippen LogP contribution in [0.4, 0.5) is 5.69 Å². The summed E-state index contributed by atoms with van der Waals surface area (Å²) in [5.74, 6) is 1.62. The minimum Gasteiger partial charge on any atom is -0.492 e. The van der Waals surface area contributed by atoms with Gasteiger partial charge in [-0.1, -0.05) is 0 Å². The number of anilines is 1. The molecule has 6 heteroatoms. The Bertz CT molecular complexity index is 574. The Morgan fingerprint density at radius 1 is 1.46 bits per heavy atom. The van der Waals surface area contributed by atoms with Crippen molar-refractivity contribution in [2.24, 2.45) is 0 Å². The predicted molar refractivity (Wildman–Crippen MR) is 97.5 cm³/mol. The first-order valence-corrected chi connectivity index (χ1v) is 8.65. The number of hydrogen-bond donors (Lipinski definition) is 2. The first kappa shape index (κ1) is 18.9. The van der Waals surface area contributed by atoms with E-state index in [1.165, 1.54) is 12.8 Å². The first-order valence-electron chi connectivity index (χ1n) is 8.65. The van der Waals surface area contributed by atoms with E-state index in [9.17, 15) is 4.79 Å². The molecule has 0 spiro atoms. The summed E-state index contributed by atoms with van der Waals surface area (Å²) in [5.41, 5.74) is 1.86. The van der Waals surface area contributed by atoms with Crippen LogP contribution in [-0.2, 0) is 11.2 Å². The number of halogens is 1. The van der Waals surface area contributed by atoms with E-state index in [1.807, 2.05) is 26.0 Å². The predicted octanol–water partition coefficient (Wildman–Crippen LogP) is 3.30. The van der Waals surface area contributed by atoms with Crippen molar-refractivity contribution in [3.05, 3.63) is 17.7 Å². The summed E-state index contributed by atoms with van der Waals surface area (Å²) in [5, 5.41) is 6.41. The van der Waals surface area contributed by atoms with E-state index in [0.29, 0.717) is 24.8 Å². The van der Waals surface area contributed by atoms with Gasteiger partial charge in [0.1, 0.15) is 17.6 Å². The second kappa shape index (κ2) is 8.58. The highest BCUT2D eigenvalue weighted by atomic mass is 35.5. The highest BCUT2D eigenvalue weighted by Crippen LogP contribution is 2.38. The van der Waals surface area contributed by atoms with Gasteiger partial charge in [-0.25, -0.2) is 0 Å². The SMILES string of the molecule is CCOc1cc2c(cc1NC(=O)CCC1CCCN1)OC(C)C2.Cl. The smallest absolute Gasteiger partial charge is 0.224 e. The van der Waals surface area contributed by atoms with E-state index in [-0.39, 0.29) is 24.4 Å². The monoisotopic (exact) mass is 354 g/mol. The number of fused-ring (bicyclic) bond motifs is 1. The van der Waals surface area contributed by atoms with E-state index in [2.05, 4.69) is 10.6 Å². The summed E-state index contributed by atoms with van der Waals surface area (Å²) in [7, 11) is 0. The number of carbonyl (C=O) groups excluding carboxylic acids is 1. The van der Waals surface area contributed by atoms with E-state index in [4.69, 9.17) is 9.47 Å². The Balaban J connectivity index is 0.00000208. The lowest BCUT2D eigenvalue weighted by Crippen LogP contribution is -2.23. The van der Waals surface area contributed by atoms with Crippen molar-refractivity contribution >= 4 is 24.0 Å². The van der Waals surface area contributed by atoms with Crippen molar-refractivity contribution in [3.8, 4) is 11.5 Å². The molecular weight excluding hydrogens is 328 g/mol. The number of nitrogens with one attached hydrogen (secondary N) is 2. The van der Waals surface area contributed by atoms with Crippen LogP contribution < -0.4 is 20.1 Å². The molecule has 1 aromatic rings. The van der Waals surface area contributed by atoms with Crippen LogP contribution in [0.5, 0.6) is 11.5 Å². The van der Waals surface area contributed by atoms with Crippen molar-refractivity contribution in [1.82, 2.24) is 5.32 Å². The van der Waals surface area contributed by atoms with Gasteiger partial charge in [-0.3, -0.25) is 4.79 Å². The molecule has 0 aliphatic carbocycles. The topological polar surface area (TPSA) is 59.6 Å². The summed E-state index contributed by atoms with van der Waals surface area (Å²) in [4.78, 5) is 12.3. The largest absolute Gasteiger partial charge is 0.492 e. The molecule has 2 heterocycles. The van der Waals surface area contributed by atoms with Gasteiger partial charge >= 0.3 is 0 Å². The quantitative estimate of drug-likeness (QED) is 0.822. The molecule has 0 bridgehead atoms. The van der Waals surface area contributed by atoms with Gasteiger partial charge in [-0.15, -0.1) is 12.4 Å². The molecule has 2 aliphatic rings. The molecule has 0 saturated carbocycles. The second-order valence-electron chi connectivity index (χ2n) is 6.40. The molecule has 0 aromatic heterocycles. The van der Waals surface area contributed by atoms with E-state index >= 15 is 0 Å². The van der Waals surface area contributed by atoms with Crippen LogP contribution in [0.3, 0.4) is 0 Å². The molecule has 3 rings (SSSR count). The summed E-state index contributed by atoms with van der Waals surface area (Å²) >= 11 is 0. The van der Waals surface area contributed by atoms with Crippen LogP contribution in [0, 0.1) is 0 Å². The highest BCUT2D eigenvalue weighted by Gasteiger charge is 2.23. The normalized spacial score (nSPS) is 21.6. The number of rotatable bonds is 6. The van der Waals surface area contributed by atoms with Crippen molar-refractivity contribution in [1.29, 1.82) is 0 Å². The standard InChI is InChI=1S/C18H26N2O3.ClH/c1-3-22-17-10-13-9-12(2)23-16(13)11-15(17)20-18(21)7-6-14-5-4-8-19-14;/h10-12,14,19H,3-9H2,1-2H3,(H,20,21);1H. The van der Waals surface area contributed by atoms with Crippen molar-refractivity contribution < 1.29 is 14.3 Å². The van der Waals surface area contributed by atoms with Crippen LogP contribution in [0.25, 0.3) is 0 Å². The third kappa shape index (κ3) is 4.54. The summed E-state index contributed by atoms with van der Waals surface area (Å²) in [6.07, 6.45) is 4.85. The lowest BCUT2D eigenvalue weighted by atomic mass is 10.1. The van der Waals surface area contributed by atoms with Crippen molar-refractivity contribution in [2.45, 2.75) is 58.1 Å². The van der Waals surface area contributed by atoms with Gasteiger partial charge in [-0.05, 0) is 45.7 Å². The highest BCUT2D eigenvalue weighted by molar-refractivity contribution is 5.92. The summed E-state index contributed by atoms with van der Waals surface area (Å²) in [6, 6.07) is 4.38. The minimum absolute atomic E-state index is 0. The molecule has 0 radical (unpaired) electrons. The molecule has 2 unspecified atom stereocenters. The van der Waals surface area contributed by atoms with Gasteiger partial charge in [0, 0.05) is 30.5 Å². The van der Waals surface area contributed by atoms with E-state index in [0.717, 1.165) is 36.4 Å². The van der Waals surface area contributed by atoms with Crippen LogP contribution >= 0.6 is 12.4 Å². The fourth-order valence-electron chi connectivity index (χ4n) is 3.33. The summed E-state index contributed by atoms with van der Waals surface area (Å²) < 4.78 is 11.5. The van der Waals surface area contributed by atoms with Gasteiger partial charge in [0.05, 0.1) is 12.3 Å². The number of amides is 1. The minimum atomic E-state index is 0. The zero-order chi connectivity index (χ0) is 16.2. The lowest BCUT2D eigenvalue weighted by molar-refractivity contribution is -0.116. The maximum absolute atomic E-state index is 12.3. The zero-order valence-electron chi connectivity index (χ0n) is 14.4. The maximum Gasteiger partial charge on any atom is 0.224 e. The van der Waals surface area contributed by atoms with Crippen molar-refractivity contribution in [2.75, 3.05) is 18.5 Å². The molecule has 1 aromatic carbocycles. The number of ether oxygens (including phenoxy) is 2. The van der Waals surface area contributed by atoms with E-state index < -0.39 is 0 Å². The van der Waals surface area contributed by atoms with Crippen LogP contribution in [0.2, 0.25) is 0 Å².